The molecule has 0 bridgehead atoms. The lowest BCUT2D eigenvalue weighted by atomic mass is 10.1. The summed E-state index contributed by atoms with van der Waals surface area (Å²) in [6, 6.07) is 13.2. The normalized spacial score (nSPS) is 11.6. The predicted molar refractivity (Wildman–Crippen MR) is 78.9 cm³/mol. The monoisotopic (exact) mass is 268 g/mol. The van der Waals surface area contributed by atoms with Gasteiger partial charge in [0.2, 0.25) is 5.43 Å². The number of para-hydroxylation sites is 1. The standard InChI is InChI=1S/C15H9ClN2O/c16-8-5-6-12-10(7-8)15(19)14-13(17-12)9-3-1-2-4-11(9)18-14/h1-7,18H,(H,17,19). The Kier molecular flexibility index (Phi) is 2.03. The quantitative estimate of drug-likeness (QED) is 0.500. The summed E-state index contributed by atoms with van der Waals surface area (Å²) in [4.78, 5) is 19.0. The Morgan fingerprint density at radius 2 is 1.58 bits per heavy atom. The maximum Gasteiger partial charge on any atom is 0.213 e. The summed E-state index contributed by atoms with van der Waals surface area (Å²) < 4.78 is 0. The van der Waals surface area contributed by atoms with Crippen molar-refractivity contribution in [1.29, 1.82) is 0 Å². The second-order valence-corrected chi connectivity index (χ2v) is 5.00. The zero-order valence-electron chi connectivity index (χ0n) is 9.83. The summed E-state index contributed by atoms with van der Waals surface area (Å²) in [5.74, 6) is 0. The zero-order chi connectivity index (χ0) is 13.0. The van der Waals surface area contributed by atoms with Gasteiger partial charge in [-0.3, -0.25) is 4.79 Å². The van der Waals surface area contributed by atoms with Crippen molar-refractivity contribution in [2.45, 2.75) is 0 Å². The Labute approximate surface area is 112 Å². The van der Waals surface area contributed by atoms with Crippen molar-refractivity contribution in [1.82, 2.24) is 9.97 Å². The van der Waals surface area contributed by atoms with E-state index in [-0.39, 0.29) is 5.43 Å². The second kappa shape index (κ2) is 3.62. The molecule has 2 aromatic heterocycles. The van der Waals surface area contributed by atoms with Crippen molar-refractivity contribution < 1.29 is 0 Å². The molecule has 4 heteroatoms. The molecule has 3 nitrogen and oxygen atoms in total. The molecule has 0 aliphatic carbocycles. The minimum Gasteiger partial charge on any atom is -0.353 e. The maximum absolute atomic E-state index is 12.5. The lowest BCUT2D eigenvalue weighted by Gasteiger charge is -1.99. The highest BCUT2D eigenvalue weighted by Gasteiger charge is 2.10. The molecule has 0 spiro atoms. The number of pyridine rings is 1. The highest BCUT2D eigenvalue weighted by molar-refractivity contribution is 6.31. The van der Waals surface area contributed by atoms with Crippen LogP contribution in [0.2, 0.25) is 5.02 Å². The summed E-state index contributed by atoms with van der Waals surface area (Å²) in [7, 11) is 0. The molecule has 0 atom stereocenters. The molecule has 0 amide bonds. The van der Waals surface area contributed by atoms with Crippen LogP contribution in [0.1, 0.15) is 0 Å². The molecule has 2 N–H and O–H groups in total. The van der Waals surface area contributed by atoms with Crippen LogP contribution in [-0.2, 0) is 0 Å². The molecule has 0 saturated carbocycles. The molecule has 4 aromatic rings. The van der Waals surface area contributed by atoms with Crippen LogP contribution >= 0.6 is 11.6 Å². The first-order valence-electron chi connectivity index (χ1n) is 5.96. The van der Waals surface area contributed by atoms with Crippen molar-refractivity contribution >= 4 is 44.4 Å². The van der Waals surface area contributed by atoms with Crippen LogP contribution in [0.3, 0.4) is 0 Å². The molecule has 0 aliphatic heterocycles. The summed E-state index contributed by atoms with van der Waals surface area (Å²) in [6.45, 7) is 0. The van der Waals surface area contributed by atoms with Crippen LogP contribution < -0.4 is 5.43 Å². The van der Waals surface area contributed by atoms with E-state index < -0.39 is 0 Å². The van der Waals surface area contributed by atoms with Crippen LogP contribution in [0.4, 0.5) is 0 Å². The fourth-order valence-corrected chi connectivity index (χ4v) is 2.70. The molecule has 0 fully saturated rings. The van der Waals surface area contributed by atoms with E-state index >= 15 is 0 Å². The summed E-state index contributed by atoms with van der Waals surface area (Å²) in [6.07, 6.45) is 0. The van der Waals surface area contributed by atoms with Crippen molar-refractivity contribution in [2.24, 2.45) is 0 Å². The van der Waals surface area contributed by atoms with Crippen molar-refractivity contribution in [3.8, 4) is 0 Å². The molecule has 4 rings (SSSR count). The van der Waals surface area contributed by atoms with Gasteiger partial charge in [-0.05, 0) is 24.3 Å². The van der Waals surface area contributed by atoms with Crippen LogP contribution in [0.15, 0.2) is 47.3 Å². The van der Waals surface area contributed by atoms with Gasteiger partial charge in [-0.2, -0.15) is 0 Å². The highest BCUT2D eigenvalue weighted by atomic mass is 35.5. The van der Waals surface area contributed by atoms with E-state index in [0.717, 1.165) is 21.9 Å². The molecule has 19 heavy (non-hydrogen) atoms. The lowest BCUT2D eigenvalue weighted by molar-refractivity contribution is 1.46. The first-order valence-corrected chi connectivity index (χ1v) is 6.34. The first kappa shape index (κ1) is 10.6. The van der Waals surface area contributed by atoms with E-state index in [1.165, 1.54) is 0 Å². The number of H-pyrrole nitrogens is 2. The van der Waals surface area contributed by atoms with E-state index in [1.807, 2.05) is 30.3 Å². The maximum atomic E-state index is 12.5. The van der Waals surface area contributed by atoms with Gasteiger partial charge in [-0.1, -0.05) is 29.8 Å². The third-order valence-corrected chi connectivity index (χ3v) is 3.65. The number of hydrogen-bond acceptors (Lipinski definition) is 1. The SMILES string of the molecule is O=c1c2cc(Cl)ccc2[nH]c2c1[nH]c1ccccc12. The molecule has 2 aromatic carbocycles. The number of rotatable bonds is 0. The third-order valence-electron chi connectivity index (χ3n) is 3.42. The number of aromatic nitrogens is 2. The van der Waals surface area contributed by atoms with E-state index in [4.69, 9.17) is 11.6 Å². The predicted octanol–water partition coefficient (Wildman–Crippen LogP) is 3.82. The zero-order valence-corrected chi connectivity index (χ0v) is 10.6. The smallest absolute Gasteiger partial charge is 0.213 e. The van der Waals surface area contributed by atoms with Crippen LogP contribution in [-0.4, -0.2) is 9.97 Å². The molecule has 0 unspecified atom stereocenters. The van der Waals surface area contributed by atoms with Crippen LogP contribution in [0.5, 0.6) is 0 Å². The van der Waals surface area contributed by atoms with Crippen LogP contribution in [0.25, 0.3) is 32.8 Å². The minimum absolute atomic E-state index is 0.0255. The van der Waals surface area contributed by atoms with Crippen molar-refractivity contribution in [2.75, 3.05) is 0 Å². The average molecular weight is 269 g/mol. The Morgan fingerprint density at radius 1 is 0.842 bits per heavy atom. The number of fused-ring (bicyclic) bond motifs is 4. The summed E-state index contributed by atoms with van der Waals surface area (Å²) in [5.41, 5.74) is 3.16. The minimum atomic E-state index is -0.0255. The Hall–Kier alpha value is -2.26. The molecular formula is C15H9ClN2O. The number of benzene rings is 2. The summed E-state index contributed by atoms with van der Waals surface area (Å²) in [5, 5.41) is 2.19. The number of nitrogens with one attached hydrogen (secondary N) is 2. The Morgan fingerprint density at radius 3 is 2.47 bits per heavy atom. The van der Waals surface area contributed by atoms with Gasteiger partial charge in [0.25, 0.3) is 0 Å². The third kappa shape index (κ3) is 1.42. The van der Waals surface area contributed by atoms with Crippen LogP contribution in [0, 0.1) is 0 Å². The van der Waals surface area contributed by atoms with Gasteiger partial charge >= 0.3 is 0 Å². The lowest BCUT2D eigenvalue weighted by Crippen LogP contribution is -2.03. The first-order chi connectivity index (χ1) is 9.24. The van der Waals surface area contributed by atoms with Gasteiger partial charge in [0.1, 0.15) is 5.52 Å². The fourth-order valence-electron chi connectivity index (χ4n) is 2.52. The van der Waals surface area contributed by atoms with Gasteiger partial charge in [0.05, 0.1) is 5.52 Å². The van der Waals surface area contributed by atoms with Gasteiger partial charge in [-0.25, -0.2) is 0 Å². The molecule has 2 heterocycles. The number of halogens is 1. The fraction of sp³-hybridized carbons (Fsp3) is 0. The van der Waals surface area contributed by atoms with E-state index in [0.29, 0.717) is 15.9 Å². The average Bonchev–Trinajstić information content (AvgIpc) is 2.79. The number of aromatic amines is 2. The molecule has 92 valence electrons. The van der Waals surface area contributed by atoms with Gasteiger partial charge in [0, 0.05) is 26.8 Å². The van der Waals surface area contributed by atoms with Crippen molar-refractivity contribution in [3.05, 3.63) is 57.7 Å². The van der Waals surface area contributed by atoms with Crippen molar-refractivity contribution in [3.63, 3.8) is 0 Å². The van der Waals surface area contributed by atoms with E-state index in [2.05, 4.69) is 9.97 Å². The van der Waals surface area contributed by atoms with E-state index in [9.17, 15) is 4.79 Å². The second-order valence-electron chi connectivity index (χ2n) is 4.56. The van der Waals surface area contributed by atoms with Gasteiger partial charge in [-0.15, -0.1) is 0 Å². The van der Waals surface area contributed by atoms with Gasteiger partial charge < -0.3 is 9.97 Å². The van der Waals surface area contributed by atoms with Gasteiger partial charge in [0.15, 0.2) is 0 Å². The molecule has 0 aliphatic rings. The van der Waals surface area contributed by atoms with E-state index in [1.54, 1.807) is 12.1 Å². The largest absolute Gasteiger partial charge is 0.353 e. The molecular weight excluding hydrogens is 260 g/mol. The summed E-state index contributed by atoms with van der Waals surface area (Å²) >= 11 is 5.96. The molecule has 0 saturated heterocycles. The molecule has 0 radical (unpaired) electrons. The topological polar surface area (TPSA) is 48.6 Å². The highest BCUT2D eigenvalue weighted by Crippen LogP contribution is 2.24. The Balaban J connectivity index is 2.33. The Bertz CT molecular complexity index is 997. The number of hydrogen-bond donors (Lipinski definition) is 2.